The molecule has 2 rings (SSSR count). The minimum absolute atomic E-state index is 0.681. The summed E-state index contributed by atoms with van der Waals surface area (Å²) < 4.78 is 0. The van der Waals surface area contributed by atoms with E-state index in [1.54, 1.807) is 0 Å². The molecular formula is C12H18N2. The van der Waals surface area contributed by atoms with Crippen molar-refractivity contribution >= 4 is 5.69 Å². The van der Waals surface area contributed by atoms with Crippen LogP contribution in [0.1, 0.15) is 13.3 Å². The van der Waals surface area contributed by atoms with E-state index >= 15 is 0 Å². The summed E-state index contributed by atoms with van der Waals surface area (Å²) in [7, 11) is 0. The number of hydrogen-bond acceptors (Lipinski definition) is 2. The van der Waals surface area contributed by atoms with Gasteiger partial charge in [-0.25, -0.2) is 0 Å². The van der Waals surface area contributed by atoms with Gasteiger partial charge in [-0.1, -0.05) is 25.1 Å². The van der Waals surface area contributed by atoms with Crippen LogP contribution in [0.4, 0.5) is 5.69 Å². The van der Waals surface area contributed by atoms with E-state index in [-0.39, 0.29) is 0 Å². The molecular weight excluding hydrogens is 172 g/mol. The van der Waals surface area contributed by atoms with E-state index in [0.717, 1.165) is 13.1 Å². The highest BCUT2D eigenvalue weighted by atomic mass is 15.2. The summed E-state index contributed by atoms with van der Waals surface area (Å²) >= 11 is 0. The van der Waals surface area contributed by atoms with Crippen molar-refractivity contribution in [2.24, 2.45) is 0 Å². The van der Waals surface area contributed by atoms with Crippen LogP contribution in [-0.4, -0.2) is 25.7 Å². The highest BCUT2D eigenvalue weighted by molar-refractivity contribution is 5.47. The Bertz CT molecular complexity index is 271. The maximum absolute atomic E-state index is 3.50. The number of benzene rings is 1. The molecule has 14 heavy (non-hydrogen) atoms. The molecule has 0 amide bonds. The first-order valence-electron chi connectivity index (χ1n) is 5.43. The molecule has 0 radical (unpaired) electrons. The van der Waals surface area contributed by atoms with Crippen molar-refractivity contribution in [3.8, 4) is 0 Å². The van der Waals surface area contributed by atoms with E-state index in [2.05, 4.69) is 47.5 Å². The summed E-state index contributed by atoms with van der Waals surface area (Å²) in [6.07, 6.45) is 1.27. The molecule has 1 fully saturated rings. The van der Waals surface area contributed by atoms with Crippen molar-refractivity contribution in [1.29, 1.82) is 0 Å². The Balaban J connectivity index is 1.96. The van der Waals surface area contributed by atoms with E-state index in [1.807, 2.05) is 0 Å². The average Bonchev–Trinajstić information content (AvgIpc) is 2.68. The minimum Gasteiger partial charge on any atom is -0.370 e. The van der Waals surface area contributed by atoms with Gasteiger partial charge in [0.1, 0.15) is 0 Å². The summed E-state index contributed by atoms with van der Waals surface area (Å²) in [6, 6.07) is 11.3. The lowest BCUT2D eigenvalue weighted by Gasteiger charge is -2.18. The smallest absolute Gasteiger partial charge is 0.0366 e. The van der Waals surface area contributed by atoms with Crippen LogP contribution in [0.3, 0.4) is 0 Å². The van der Waals surface area contributed by atoms with E-state index in [4.69, 9.17) is 0 Å². The number of likely N-dealkylation sites (N-methyl/N-ethyl adjacent to an activating group) is 1. The fourth-order valence-corrected chi connectivity index (χ4v) is 2.09. The lowest BCUT2D eigenvalue weighted by molar-refractivity contribution is 0.572. The fourth-order valence-electron chi connectivity index (χ4n) is 2.09. The van der Waals surface area contributed by atoms with Gasteiger partial charge in [0.25, 0.3) is 0 Å². The number of nitrogens with zero attached hydrogens (tertiary/aromatic N) is 1. The summed E-state index contributed by atoms with van der Waals surface area (Å²) in [4.78, 5) is 2.45. The molecule has 1 aromatic rings. The zero-order chi connectivity index (χ0) is 9.80. The molecule has 1 heterocycles. The fraction of sp³-hybridized carbons (Fsp3) is 0.500. The lowest BCUT2D eigenvalue weighted by Crippen LogP contribution is -2.32. The molecule has 0 aliphatic carbocycles. The Morgan fingerprint density at radius 3 is 2.86 bits per heavy atom. The van der Waals surface area contributed by atoms with Gasteiger partial charge in [-0.3, -0.25) is 0 Å². The number of para-hydroxylation sites is 1. The molecule has 0 saturated carbocycles. The highest BCUT2D eigenvalue weighted by Gasteiger charge is 2.21. The Morgan fingerprint density at radius 2 is 2.14 bits per heavy atom. The average molecular weight is 190 g/mol. The Morgan fingerprint density at radius 1 is 1.36 bits per heavy atom. The van der Waals surface area contributed by atoms with Crippen molar-refractivity contribution in [3.05, 3.63) is 30.3 Å². The summed E-state index contributed by atoms with van der Waals surface area (Å²) in [5.74, 6) is 0. The first-order chi connectivity index (χ1) is 6.90. The second-order valence-corrected chi connectivity index (χ2v) is 3.82. The van der Waals surface area contributed by atoms with Crippen LogP contribution in [0.25, 0.3) is 0 Å². The predicted molar refractivity (Wildman–Crippen MR) is 60.7 cm³/mol. The maximum atomic E-state index is 3.50. The molecule has 1 N–H and O–H groups in total. The van der Waals surface area contributed by atoms with E-state index in [0.29, 0.717) is 6.04 Å². The molecule has 1 unspecified atom stereocenters. The van der Waals surface area contributed by atoms with Gasteiger partial charge in [0.05, 0.1) is 0 Å². The molecule has 1 saturated heterocycles. The molecule has 2 heteroatoms. The Hall–Kier alpha value is -1.02. The zero-order valence-corrected chi connectivity index (χ0v) is 8.74. The summed E-state index contributed by atoms with van der Waals surface area (Å²) in [6.45, 7) is 5.58. The Labute approximate surface area is 85.9 Å². The number of nitrogens with one attached hydrogen (secondary N) is 1. The van der Waals surface area contributed by atoms with Crippen LogP contribution in [-0.2, 0) is 0 Å². The minimum atomic E-state index is 0.681. The van der Waals surface area contributed by atoms with Gasteiger partial charge in [-0.05, 0) is 25.1 Å². The first-order valence-corrected chi connectivity index (χ1v) is 5.43. The van der Waals surface area contributed by atoms with Crippen molar-refractivity contribution in [2.75, 3.05) is 24.5 Å². The quantitative estimate of drug-likeness (QED) is 0.783. The standard InChI is InChI=1S/C12H18N2/c1-2-13-11-8-9-14(10-11)12-6-4-3-5-7-12/h3-7,11,13H,2,8-10H2,1H3. The summed E-state index contributed by atoms with van der Waals surface area (Å²) in [5, 5.41) is 3.50. The molecule has 1 aliphatic heterocycles. The molecule has 76 valence electrons. The predicted octanol–water partition coefficient (Wildman–Crippen LogP) is 1.87. The topological polar surface area (TPSA) is 15.3 Å². The van der Waals surface area contributed by atoms with Gasteiger partial charge >= 0.3 is 0 Å². The van der Waals surface area contributed by atoms with Gasteiger partial charge in [0.15, 0.2) is 0 Å². The first kappa shape index (κ1) is 9.53. The van der Waals surface area contributed by atoms with Crippen LogP contribution in [0.5, 0.6) is 0 Å². The van der Waals surface area contributed by atoms with E-state index < -0.39 is 0 Å². The molecule has 0 bridgehead atoms. The van der Waals surface area contributed by atoms with E-state index in [1.165, 1.54) is 18.7 Å². The van der Waals surface area contributed by atoms with Crippen molar-refractivity contribution in [3.63, 3.8) is 0 Å². The van der Waals surface area contributed by atoms with Gasteiger partial charge in [0, 0.05) is 24.8 Å². The van der Waals surface area contributed by atoms with Crippen LogP contribution in [0, 0.1) is 0 Å². The monoisotopic (exact) mass is 190 g/mol. The van der Waals surface area contributed by atoms with Crippen molar-refractivity contribution < 1.29 is 0 Å². The van der Waals surface area contributed by atoms with Crippen molar-refractivity contribution in [1.82, 2.24) is 5.32 Å². The second-order valence-electron chi connectivity index (χ2n) is 3.82. The molecule has 1 aromatic carbocycles. The molecule has 1 atom stereocenters. The van der Waals surface area contributed by atoms with Crippen LogP contribution in [0.2, 0.25) is 0 Å². The molecule has 2 nitrogen and oxygen atoms in total. The van der Waals surface area contributed by atoms with Gasteiger partial charge < -0.3 is 10.2 Å². The largest absolute Gasteiger partial charge is 0.370 e. The zero-order valence-electron chi connectivity index (χ0n) is 8.74. The molecule has 1 aliphatic rings. The van der Waals surface area contributed by atoms with E-state index in [9.17, 15) is 0 Å². The number of rotatable bonds is 3. The molecule has 0 spiro atoms. The number of hydrogen-bond donors (Lipinski definition) is 1. The van der Waals surface area contributed by atoms with Crippen LogP contribution in [0.15, 0.2) is 30.3 Å². The van der Waals surface area contributed by atoms with Crippen LogP contribution < -0.4 is 10.2 Å². The SMILES string of the molecule is CCNC1CCN(c2ccccc2)C1. The van der Waals surface area contributed by atoms with Gasteiger partial charge in [-0.2, -0.15) is 0 Å². The third-order valence-electron chi connectivity index (χ3n) is 2.80. The van der Waals surface area contributed by atoms with Gasteiger partial charge in [-0.15, -0.1) is 0 Å². The second kappa shape index (κ2) is 4.47. The Kier molecular flexibility index (Phi) is 3.04. The highest BCUT2D eigenvalue weighted by Crippen LogP contribution is 2.19. The molecule has 0 aromatic heterocycles. The maximum Gasteiger partial charge on any atom is 0.0366 e. The normalized spacial score (nSPS) is 21.5. The third kappa shape index (κ3) is 2.07. The summed E-state index contributed by atoms with van der Waals surface area (Å²) in [5.41, 5.74) is 1.35. The van der Waals surface area contributed by atoms with Crippen LogP contribution >= 0.6 is 0 Å². The third-order valence-corrected chi connectivity index (χ3v) is 2.80. The lowest BCUT2D eigenvalue weighted by atomic mass is 10.2. The van der Waals surface area contributed by atoms with Crippen molar-refractivity contribution in [2.45, 2.75) is 19.4 Å². The number of anilines is 1. The van der Waals surface area contributed by atoms with Gasteiger partial charge in [0.2, 0.25) is 0 Å².